The van der Waals surface area contributed by atoms with Crippen LogP contribution in [0, 0.1) is 0 Å². The molecule has 0 radical (unpaired) electrons. The Morgan fingerprint density at radius 1 is 1.26 bits per heavy atom. The van der Waals surface area contributed by atoms with E-state index in [1.807, 2.05) is 0 Å². The number of rotatable bonds is 5. The van der Waals surface area contributed by atoms with Crippen LogP contribution in [0.25, 0.3) is 16.6 Å². The average molecular weight is 460 g/mol. The minimum absolute atomic E-state index is 0.149. The number of aromatic nitrogens is 3. The summed E-state index contributed by atoms with van der Waals surface area (Å²) in [6.07, 6.45) is -1.60. The highest BCUT2D eigenvalue weighted by Crippen LogP contribution is 2.35. The molecule has 0 fully saturated rings. The molecule has 0 aliphatic heterocycles. The molecular formula is C17H15F3N4O6S. The number of fused-ring (bicyclic) bond motifs is 1. The van der Waals surface area contributed by atoms with Crippen LogP contribution in [0.5, 0.6) is 0 Å². The number of ether oxygens (including phenoxy) is 1. The third-order valence-electron chi connectivity index (χ3n) is 4.05. The SMILES string of the molecule is CC(=O)OCc1ccn(-c2cc3c(=O)n(NS(C)(=O)=O)c(=O)[nH]c3cc2C(F)(F)F)c1. The van der Waals surface area contributed by atoms with E-state index in [4.69, 9.17) is 4.74 Å². The van der Waals surface area contributed by atoms with E-state index in [9.17, 15) is 36.0 Å². The van der Waals surface area contributed by atoms with Gasteiger partial charge in [0.05, 0.1) is 28.4 Å². The molecule has 10 nitrogen and oxygen atoms in total. The van der Waals surface area contributed by atoms with Gasteiger partial charge in [0.15, 0.2) is 0 Å². The van der Waals surface area contributed by atoms with Crippen molar-refractivity contribution in [2.24, 2.45) is 0 Å². The molecule has 0 amide bonds. The molecule has 14 heteroatoms. The van der Waals surface area contributed by atoms with Crippen molar-refractivity contribution in [1.82, 2.24) is 14.2 Å². The summed E-state index contributed by atoms with van der Waals surface area (Å²) in [4.78, 5) is 39.3. The Morgan fingerprint density at radius 2 is 1.94 bits per heavy atom. The van der Waals surface area contributed by atoms with Crippen molar-refractivity contribution in [2.75, 3.05) is 11.1 Å². The lowest BCUT2D eigenvalue weighted by atomic mass is 10.1. The highest BCUT2D eigenvalue weighted by atomic mass is 32.2. The summed E-state index contributed by atoms with van der Waals surface area (Å²) in [5.41, 5.74) is -4.06. The van der Waals surface area contributed by atoms with Gasteiger partial charge < -0.3 is 14.3 Å². The van der Waals surface area contributed by atoms with Crippen LogP contribution >= 0.6 is 0 Å². The fourth-order valence-corrected chi connectivity index (χ4v) is 3.30. The van der Waals surface area contributed by atoms with Crippen LogP contribution in [0.3, 0.4) is 0 Å². The number of sulfonamides is 1. The third-order valence-corrected chi connectivity index (χ3v) is 4.57. The number of hydrogen-bond acceptors (Lipinski definition) is 6. The monoisotopic (exact) mass is 460 g/mol. The smallest absolute Gasteiger partial charge is 0.418 e. The first-order valence-corrected chi connectivity index (χ1v) is 10.3. The zero-order valence-corrected chi connectivity index (χ0v) is 16.8. The molecule has 0 saturated carbocycles. The number of hydrogen-bond donors (Lipinski definition) is 2. The highest BCUT2D eigenvalue weighted by molar-refractivity contribution is 7.91. The van der Waals surface area contributed by atoms with Gasteiger partial charge >= 0.3 is 17.8 Å². The van der Waals surface area contributed by atoms with E-state index in [0.717, 1.165) is 10.6 Å². The van der Waals surface area contributed by atoms with Crippen LogP contribution < -0.4 is 16.1 Å². The molecule has 2 N–H and O–H groups in total. The summed E-state index contributed by atoms with van der Waals surface area (Å²) in [6, 6.07) is 2.89. The number of H-pyrrole nitrogens is 1. The molecule has 0 saturated heterocycles. The van der Waals surface area contributed by atoms with Gasteiger partial charge in [-0.15, -0.1) is 0 Å². The maximum Gasteiger partial charge on any atom is 0.418 e. The molecule has 0 spiro atoms. The number of nitrogens with zero attached hydrogens (tertiary/aromatic N) is 2. The number of benzene rings is 1. The first-order valence-electron chi connectivity index (χ1n) is 8.45. The van der Waals surface area contributed by atoms with Crippen LogP contribution in [0.4, 0.5) is 13.2 Å². The van der Waals surface area contributed by atoms with E-state index in [1.165, 1.54) is 25.4 Å². The summed E-state index contributed by atoms with van der Waals surface area (Å²) < 4.78 is 69.9. The number of nitrogens with one attached hydrogen (secondary N) is 2. The van der Waals surface area contributed by atoms with Crippen LogP contribution in [-0.4, -0.2) is 34.9 Å². The van der Waals surface area contributed by atoms with Crippen LogP contribution in [0.2, 0.25) is 0 Å². The number of aromatic amines is 1. The second kappa shape index (κ2) is 7.61. The lowest BCUT2D eigenvalue weighted by Gasteiger charge is -2.16. The van der Waals surface area contributed by atoms with Crippen molar-refractivity contribution in [3.63, 3.8) is 0 Å². The predicted octanol–water partition coefficient (Wildman–Crippen LogP) is 1.07. The molecule has 0 bridgehead atoms. The zero-order chi connectivity index (χ0) is 23.1. The van der Waals surface area contributed by atoms with Gasteiger partial charge in [0.1, 0.15) is 6.61 Å². The Hall–Kier alpha value is -3.55. The molecule has 166 valence electrons. The van der Waals surface area contributed by atoms with E-state index in [1.54, 1.807) is 4.83 Å². The standard InChI is InChI=1S/C17H15F3N4O6S/c1-9(25)30-8-10-3-4-23(7-10)14-5-11-13(6-12(14)17(18,19)20)21-16(27)24(15(11)26)22-31(2,28)29/h3-7,22H,8H2,1-2H3,(H,21,27). The number of halogens is 3. The summed E-state index contributed by atoms with van der Waals surface area (Å²) >= 11 is 0. The fraction of sp³-hybridized carbons (Fsp3) is 0.235. The van der Waals surface area contributed by atoms with Crippen molar-refractivity contribution >= 4 is 26.9 Å². The number of esters is 1. The van der Waals surface area contributed by atoms with Gasteiger partial charge in [0, 0.05) is 24.9 Å². The van der Waals surface area contributed by atoms with Crippen molar-refractivity contribution in [1.29, 1.82) is 0 Å². The second-order valence-electron chi connectivity index (χ2n) is 6.55. The number of alkyl halides is 3. The Morgan fingerprint density at radius 3 is 2.52 bits per heavy atom. The summed E-state index contributed by atoms with van der Waals surface area (Å²) in [5.74, 6) is -0.572. The zero-order valence-electron chi connectivity index (χ0n) is 16.0. The molecule has 0 aliphatic rings. The lowest BCUT2D eigenvalue weighted by Crippen LogP contribution is -2.43. The molecule has 2 aromatic heterocycles. The van der Waals surface area contributed by atoms with E-state index in [-0.39, 0.29) is 16.7 Å². The van der Waals surface area contributed by atoms with Crippen molar-refractivity contribution in [3.05, 3.63) is 62.6 Å². The van der Waals surface area contributed by atoms with Gasteiger partial charge in [0.25, 0.3) is 5.56 Å². The predicted molar refractivity (Wildman–Crippen MR) is 103 cm³/mol. The number of carbonyl (C=O) groups excluding carboxylic acids is 1. The first kappa shape index (κ1) is 22.1. The molecule has 3 rings (SSSR count). The summed E-state index contributed by atoms with van der Waals surface area (Å²) in [7, 11) is -4.03. The Kier molecular flexibility index (Phi) is 5.43. The second-order valence-corrected chi connectivity index (χ2v) is 8.28. The average Bonchev–Trinajstić information content (AvgIpc) is 3.10. The van der Waals surface area contributed by atoms with Gasteiger partial charge in [-0.3, -0.25) is 9.59 Å². The van der Waals surface area contributed by atoms with Crippen molar-refractivity contribution in [3.8, 4) is 5.69 Å². The molecular weight excluding hydrogens is 445 g/mol. The van der Waals surface area contributed by atoms with E-state index < -0.39 is 50.2 Å². The van der Waals surface area contributed by atoms with Crippen LogP contribution in [-0.2, 0) is 32.3 Å². The molecule has 0 aliphatic carbocycles. The van der Waals surface area contributed by atoms with Gasteiger partial charge in [-0.05, 0) is 18.2 Å². The Labute approximate surface area is 171 Å². The first-order chi connectivity index (χ1) is 14.3. The fourth-order valence-electron chi connectivity index (χ4n) is 2.80. The quantitative estimate of drug-likeness (QED) is 0.548. The molecule has 0 unspecified atom stereocenters. The summed E-state index contributed by atoms with van der Waals surface area (Å²) in [6.45, 7) is 1.01. The largest absolute Gasteiger partial charge is 0.461 e. The molecule has 1 aromatic carbocycles. The molecule has 2 heterocycles. The third kappa shape index (κ3) is 4.79. The minimum Gasteiger partial charge on any atom is -0.461 e. The van der Waals surface area contributed by atoms with Gasteiger partial charge in [-0.2, -0.15) is 17.8 Å². The van der Waals surface area contributed by atoms with Crippen molar-refractivity contribution < 1.29 is 31.1 Å². The lowest BCUT2D eigenvalue weighted by molar-refractivity contribution is -0.142. The molecule has 3 aromatic rings. The normalized spacial score (nSPS) is 12.2. The van der Waals surface area contributed by atoms with E-state index >= 15 is 0 Å². The maximum atomic E-state index is 13.7. The highest BCUT2D eigenvalue weighted by Gasteiger charge is 2.35. The van der Waals surface area contributed by atoms with E-state index in [2.05, 4.69) is 4.98 Å². The Bertz CT molecular complexity index is 1400. The Balaban J connectivity index is 2.25. The topological polar surface area (TPSA) is 132 Å². The van der Waals surface area contributed by atoms with Crippen molar-refractivity contribution in [2.45, 2.75) is 19.7 Å². The maximum absolute atomic E-state index is 13.7. The summed E-state index contributed by atoms with van der Waals surface area (Å²) in [5, 5.41) is -0.367. The van der Waals surface area contributed by atoms with Gasteiger partial charge in [-0.1, -0.05) is 0 Å². The van der Waals surface area contributed by atoms with Gasteiger partial charge in [-0.25, -0.2) is 18.0 Å². The van der Waals surface area contributed by atoms with Crippen LogP contribution in [0.15, 0.2) is 40.2 Å². The molecule has 0 atom stereocenters. The van der Waals surface area contributed by atoms with E-state index in [0.29, 0.717) is 17.9 Å². The van der Waals surface area contributed by atoms with Gasteiger partial charge in [0.2, 0.25) is 10.0 Å². The molecule has 31 heavy (non-hydrogen) atoms. The number of carbonyl (C=O) groups is 1. The van der Waals surface area contributed by atoms with Crippen LogP contribution in [0.1, 0.15) is 18.1 Å². The minimum atomic E-state index is -4.85.